The molecule has 0 aliphatic carbocycles. The monoisotopic (exact) mass is 256 g/mol. The van der Waals surface area contributed by atoms with Crippen molar-refractivity contribution in [3.8, 4) is 0 Å². The molecule has 2 aromatic rings. The summed E-state index contributed by atoms with van der Waals surface area (Å²) in [4.78, 5) is 23.0. The maximum absolute atomic E-state index is 11.6. The van der Waals surface area contributed by atoms with Gasteiger partial charge in [0.1, 0.15) is 0 Å². The first-order valence-electron chi connectivity index (χ1n) is 5.90. The van der Waals surface area contributed by atoms with Gasteiger partial charge in [0.15, 0.2) is 0 Å². The highest BCUT2D eigenvalue weighted by atomic mass is 16.2. The fraction of sp³-hybridized carbons (Fsp3) is 0.154. The fourth-order valence-electron chi connectivity index (χ4n) is 2.09. The molecule has 6 nitrogen and oxygen atoms in total. The van der Waals surface area contributed by atoms with Gasteiger partial charge in [-0.25, -0.2) is 0 Å². The second-order valence-electron chi connectivity index (χ2n) is 4.42. The first kappa shape index (κ1) is 11.5. The number of aromatic amines is 1. The van der Waals surface area contributed by atoms with E-state index in [0.29, 0.717) is 11.1 Å². The van der Waals surface area contributed by atoms with Crippen molar-refractivity contribution in [1.82, 2.24) is 15.5 Å². The van der Waals surface area contributed by atoms with Crippen molar-refractivity contribution in [3.63, 3.8) is 0 Å². The Bertz CT molecular complexity index is 649. The lowest BCUT2D eigenvalue weighted by Crippen LogP contribution is -2.19. The number of carbonyl (C=O) groups is 2. The minimum Gasteiger partial charge on any atom is -0.377 e. The maximum Gasteiger partial charge on any atom is 0.259 e. The highest BCUT2D eigenvalue weighted by Crippen LogP contribution is 2.23. The molecule has 1 unspecified atom stereocenters. The van der Waals surface area contributed by atoms with Crippen molar-refractivity contribution in [3.05, 3.63) is 47.3 Å². The average molecular weight is 256 g/mol. The summed E-state index contributed by atoms with van der Waals surface area (Å²) in [6, 6.07) is 7.02. The molecule has 0 saturated heterocycles. The van der Waals surface area contributed by atoms with Crippen molar-refractivity contribution in [1.29, 1.82) is 0 Å². The Hall–Kier alpha value is -2.63. The molecular weight excluding hydrogens is 244 g/mol. The molecule has 6 heteroatoms. The number of imide groups is 1. The van der Waals surface area contributed by atoms with Crippen molar-refractivity contribution >= 4 is 17.5 Å². The van der Waals surface area contributed by atoms with Crippen molar-refractivity contribution in [2.75, 3.05) is 5.32 Å². The van der Waals surface area contributed by atoms with Gasteiger partial charge in [0.2, 0.25) is 0 Å². The number of benzene rings is 1. The number of nitrogens with zero attached hydrogens (tertiary/aromatic N) is 1. The molecule has 19 heavy (non-hydrogen) atoms. The third kappa shape index (κ3) is 1.97. The number of hydrogen-bond donors (Lipinski definition) is 3. The molecule has 2 heterocycles. The quantitative estimate of drug-likeness (QED) is 0.726. The average Bonchev–Trinajstić information content (AvgIpc) is 2.99. The van der Waals surface area contributed by atoms with Crippen LogP contribution in [0.15, 0.2) is 30.5 Å². The van der Waals surface area contributed by atoms with E-state index in [0.717, 1.165) is 11.4 Å². The summed E-state index contributed by atoms with van der Waals surface area (Å²) in [6.07, 6.45) is 1.68. The Labute approximate surface area is 109 Å². The standard InChI is InChI=1S/C13H12N4O2/c1-7(11-4-5-14-17-11)15-8-2-3-9-10(6-8)13(19)16-12(9)18/h2-7,15H,1H3,(H,14,17)(H,16,18,19). The smallest absolute Gasteiger partial charge is 0.259 e. The second-order valence-corrected chi connectivity index (χ2v) is 4.42. The zero-order valence-electron chi connectivity index (χ0n) is 10.2. The van der Waals surface area contributed by atoms with Crippen LogP contribution in [0.5, 0.6) is 0 Å². The number of rotatable bonds is 3. The van der Waals surface area contributed by atoms with Gasteiger partial charge in [-0.3, -0.25) is 20.0 Å². The number of hydrogen-bond acceptors (Lipinski definition) is 4. The molecule has 1 atom stereocenters. The summed E-state index contributed by atoms with van der Waals surface area (Å²) < 4.78 is 0. The second kappa shape index (κ2) is 4.24. The van der Waals surface area contributed by atoms with Crippen LogP contribution in [0.2, 0.25) is 0 Å². The predicted octanol–water partition coefficient (Wildman–Crippen LogP) is 1.47. The van der Waals surface area contributed by atoms with Gasteiger partial charge in [0, 0.05) is 11.9 Å². The summed E-state index contributed by atoms with van der Waals surface area (Å²) in [5.74, 6) is -0.689. The SMILES string of the molecule is CC(Nc1ccc2c(c1)C(=O)NC2=O)c1ccn[nH]1. The van der Waals surface area contributed by atoms with Crippen LogP contribution in [0.25, 0.3) is 0 Å². The topological polar surface area (TPSA) is 86.9 Å². The van der Waals surface area contributed by atoms with E-state index in [2.05, 4.69) is 20.8 Å². The first-order valence-corrected chi connectivity index (χ1v) is 5.90. The van der Waals surface area contributed by atoms with E-state index in [9.17, 15) is 9.59 Å². The Morgan fingerprint density at radius 1 is 1.16 bits per heavy atom. The maximum atomic E-state index is 11.6. The summed E-state index contributed by atoms with van der Waals surface area (Å²) in [7, 11) is 0. The molecule has 0 spiro atoms. The molecule has 2 amide bonds. The van der Waals surface area contributed by atoms with E-state index < -0.39 is 0 Å². The zero-order valence-corrected chi connectivity index (χ0v) is 10.2. The van der Waals surface area contributed by atoms with E-state index in [4.69, 9.17) is 0 Å². The van der Waals surface area contributed by atoms with Crippen LogP contribution in [0.1, 0.15) is 39.4 Å². The van der Waals surface area contributed by atoms with Crippen molar-refractivity contribution in [2.45, 2.75) is 13.0 Å². The van der Waals surface area contributed by atoms with Gasteiger partial charge in [-0.15, -0.1) is 0 Å². The summed E-state index contributed by atoms with van der Waals surface area (Å²) in [6.45, 7) is 1.98. The van der Waals surface area contributed by atoms with Gasteiger partial charge in [0.25, 0.3) is 11.8 Å². The molecule has 3 rings (SSSR count). The lowest BCUT2D eigenvalue weighted by molar-refractivity contribution is 0.0879. The molecule has 1 aromatic carbocycles. The Kier molecular flexibility index (Phi) is 2.56. The normalized spacial score (nSPS) is 15.0. The van der Waals surface area contributed by atoms with Gasteiger partial charge in [0.05, 0.1) is 22.9 Å². The summed E-state index contributed by atoms with van der Waals surface area (Å²) in [5, 5.41) is 12.3. The number of amides is 2. The van der Waals surface area contributed by atoms with Crippen LogP contribution in [0.3, 0.4) is 0 Å². The molecule has 3 N–H and O–H groups in total. The number of aromatic nitrogens is 2. The Balaban J connectivity index is 1.86. The van der Waals surface area contributed by atoms with E-state index in [1.165, 1.54) is 0 Å². The van der Waals surface area contributed by atoms with E-state index in [1.54, 1.807) is 24.4 Å². The Morgan fingerprint density at radius 2 is 1.95 bits per heavy atom. The fourth-order valence-corrected chi connectivity index (χ4v) is 2.09. The number of nitrogens with one attached hydrogen (secondary N) is 3. The van der Waals surface area contributed by atoms with Crippen LogP contribution >= 0.6 is 0 Å². The highest BCUT2D eigenvalue weighted by Gasteiger charge is 2.26. The van der Waals surface area contributed by atoms with Crippen LogP contribution in [-0.4, -0.2) is 22.0 Å². The van der Waals surface area contributed by atoms with E-state index >= 15 is 0 Å². The summed E-state index contributed by atoms with van der Waals surface area (Å²) >= 11 is 0. The number of carbonyl (C=O) groups excluding carboxylic acids is 2. The van der Waals surface area contributed by atoms with E-state index in [-0.39, 0.29) is 17.9 Å². The van der Waals surface area contributed by atoms with Crippen LogP contribution in [0, 0.1) is 0 Å². The van der Waals surface area contributed by atoms with Crippen LogP contribution < -0.4 is 10.6 Å². The first-order chi connectivity index (χ1) is 9.15. The third-order valence-corrected chi connectivity index (χ3v) is 3.11. The van der Waals surface area contributed by atoms with Crippen molar-refractivity contribution in [2.24, 2.45) is 0 Å². The zero-order chi connectivity index (χ0) is 13.4. The van der Waals surface area contributed by atoms with Gasteiger partial charge in [-0.05, 0) is 31.2 Å². The van der Waals surface area contributed by atoms with Gasteiger partial charge in [-0.1, -0.05) is 0 Å². The van der Waals surface area contributed by atoms with Crippen molar-refractivity contribution < 1.29 is 9.59 Å². The molecule has 0 fully saturated rings. The molecular formula is C13H12N4O2. The number of fused-ring (bicyclic) bond motifs is 1. The molecule has 1 aromatic heterocycles. The number of H-pyrrole nitrogens is 1. The molecule has 1 aliphatic rings. The van der Waals surface area contributed by atoms with Gasteiger partial charge in [-0.2, -0.15) is 5.10 Å². The molecule has 96 valence electrons. The molecule has 0 radical (unpaired) electrons. The minimum atomic E-state index is -0.349. The lowest BCUT2D eigenvalue weighted by atomic mass is 10.1. The molecule has 0 bridgehead atoms. The lowest BCUT2D eigenvalue weighted by Gasteiger charge is -2.13. The highest BCUT2D eigenvalue weighted by molar-refractivity contribution is 6.21. The Morgan fingerprint density at radius 3 is 2.68 bits per heavy atom. The van der Waals surface area contributed by atoms with E-state index in [1.807, 2.05) is 13.0 Å². The minimum absolute atomic E-state index is 0.0284. The van der Waals surface area contributed by atoms with Crippen LogP contribution in [0.4, 0.5) is 5.69 Å². The van der Waals surface area contributed by atoms with Gasteiger partial charge >= 0.3 is 0 Å². The van der Waals surface area contributed by atoms with Gasteiger partial charge < -0.3 is 5.32 Å². The predicted molar refractivity (Wildman–Crippen MR) is 68.9 cm³/mol. The van der Waals surface area contributed by atoms with Crippen LogP contribution in [-0.2, 0) is 0 Å². The third-order valence-electron chi connectivity index (χ3n) is 3.11. The summed E-state index contributed by atoms with van der Waals surface area (Å²) in [5.41, 5.74) is 2.56. The number of anilines is 1. The molecule has 1 aliphatic heterocycles. The molecule has 0 saturated carbocycles. The largest absolute Gasteiger partial charge is 0.377 e.